The van der Waals surface area contributed by atoms with Crippen molar-refractivity contribution in [3.8, 4) is 0 Å². The number of esters is 1. The third-order valence-corrected chi connectivity index (χ3v) is 2.17. The van der Waals surface area contributed by atoms with Gasteiger partial charge < -0.3 is 15.3 Å². The summed E-state index contributed by atoms with van der Waals surface area (Å²) in [5.41, 5.74) is 5.85. The number of ether oxygens (including phenoxy) is 1. The van der Waals surface area contributed by atoms with Gasteiger partial charge >= 0.3 is 5.97 Å². The predicted molar refractivity (Wildman–Crippen MR) is 61.3 cm³/mol. The molecule has 1 aromatic heterocycles. The molecule has 0 aliphatic rings. The lowest BCUT2D eigenvalue weighted by molar-refractivity contribution is -0.132. The quantitative estimate of drug-likeness (QED) is 0.485. The molecule has 0 aliphatic heterocycles. The highest BCUT2D eigenvalue weighted by atomic mass is 32.1. The highest BCUT2D eigenvalue weighted by molar-refractivity contribution is 7.13. The average Bonchev–Trinajstić information content (AvgIpc) is 2.64. The maximum atomic E-state index is 11.4. The summed E-state index contributed by atoms with van der Waals surface area (Å²) < 4.78 is 4.58. The third-order valence-electron chi connectivity index (χ3n) is 1.50. The van der Waals surface area contributed by atoms with Crippen molar-refractivity contribution in [1.82, 2.24) is 4.98 Å². The minimum absolute atomic E-state index is 0.0177. The summed E-state index contributed by atoms with van der Waals surface area (Å²) in [4.78, 5) is 20.4. The third kappa shape index (κ3) is 3.20. The van der Waals surface area contributed by atoms with E-state index in [9.17, 15) is 4.79 Å². The Bertz CT molecular complexity index is 400. The first-order valence-electron chi connectivity index (χ1n) is 4.58. The molecule has 0 fully saturated rings. The number of nitrogen functional groups attached to an aromatic ring is 1. The molecule has 6 nitrogen and oxygen atoms in total. The van der Waals surface area contributed by atoms with Crippen LogP contribution >= 0.6 is 11.3 Å². The van der Waals surface area contributed by atoms with Gasteiger partial charge in [-0.05, 0) is 13.8 Å². The fraction of sp³-hybridized carbons (Fsp3) is 0.444. The zero-order valence-corrected chi connectivity index (χ0v) is 10.1. The van der Waals surface area contributed by atoms with Crippen LogP contribution < -0.4 is 5.73 Å². The van der Waals surface area contributed by atoms with Crippen molar-refractivity contribution in [2.45, 2.75) is 20.0 Å². The topological polar surface area (TPSA) is 86.8 Å². The van der Waals surface area contributed by atoms with Gasteiger partial charge in [-0.15, -0.1) is 11.3 Å². The van der Waals surface area contributed by atoms with Crippen LogP contribution in [0.4, 0.5) is 5.13 Å². The lowest BCUT2D eigenvalue weighted by Gasteiger charge is -2.04. The maximum absolute atomic E-state index is 11.4. The second-order valence-corrected chi connectivity index (χ2v) is 4.05. The number of nitrogens with zero attached hydrogens (tertiary/aromatic N) is 2. The van der Waals surface area contributed by atoms with Gasteiger partial charge in [-0.1, -0.05) is 5.16 Å². The maximum Gasteiger partial charge on any atom is 0.362 e. The molecule has 0 aliphatic carbocycles. The minimum Gasteiger partial charge on any atom is -0.464 e. The van der Waals surface area contributed by atoms with Crippen LogP contribution in [0.1, 0.15) is 19.5 Å². The zero-order chi connectivity index (χ0) is 12.1. The van der Waals surface area contributed by atoms with Crippen molar-refractivity contribution in [2.24, 2.45) is 5.16 Å². The van der Waals surface area contributed by atoms with Crippen molar-refractivity contribution in [3.63, 3.8) is 0 Å². The molecule has 0 spiro atoms. The van der Waals surface area contributed by atoms with Crippen molar-refractivity contribution in [2.75, 3.05) is 12.8 Å². The number of hydrogen-bond acceptors (Lipinski definition) is 7. The number of methoxy groups -OCH3 is 1. The molecular formula is C9H13N3O3S. The van der Waals surface area contributed by atoms with E-state index in [0.717, 1.165) is 0 Å². The molecule has 0 amide bonds. The van der Waals surface area contributed by atoms with Crippen LogP contribution in [0.15, 0.2) is 10.5 Å². The van der Waals surface area contributed by atoms with Crippen molar-refractivity contribution >= 4 is 28.1 Å². The van der Waals surface area contributed by atoms with Gasteiger partial charge in [0.15, 0.2) is 5.13 Å². The van der Waals surface area contributed by atoms with E-state index in [2.05, 4.69) is 14.9 Å². The van der Waals surface area contributed by atoms with E-state index in [0.29, 0.717) is 10.8 Å². The molecule has 7 heteroatoms. The van der Waals surface area contributed by atoms with Gasteiger partial charge in [0.05, 0.1) is 7.11 Å². The first-order valence-corrected chi connectivity index (χ1v) is 5.46. The lowest BCUT2D eigenvalue weighted by Crippen LogP contribution is -2.19. The molecule has 16 heavy (non-hydrogen) atoms. The average molecular weight is 243 g/mol. The van der Waals surface area contributed by atoms with E-state index in [-0.39, 0.29) is 11.8 Å². The Morgan fingerprint density at radius 2 is 2.31 bits per heavy atom. The molecular weight excluding hydrogens is 230 g/mol. The fourth-order valence-electron chi connectivity index (χ4n) is 0.840. The number of carbonyl (C=O) groups excluding carboxylic acids is 1. The Hall–Kier alpha value is -1.63. The molecule has 0 bridgehead atoms. The Kier molecular flexibility index (Phi) is 4.24. The molecule has 0 radical (unpaired) electrons. The van der Waals surface area contributed by atoms with Crippen LogP contribution in [0.3, 0.4) is 0 Å². The Labute approximate surface area is 97.1 Å². The number of thiazole rings is 1. The Morgan fingerprint density at radius 3 is 2.75 bits per heavy atom. The summed E-state index contributed by atoms with van der Waals surface area (Å²) in [6.07, 6.45) is -0.129. The van der Waals surface area contributed by atoms with Crippen LogP contribution in [-0.2, 0) is 14.4 Å². The van der Waals surface area contributed by atoms with Crippen LogP contribution in [0.25, 0.3) is 0 Å². The summed E-state index contributed by atoms with van der Waals surface area (Å²) in [6.45, 7) is 3.60. The number of oxime groups is 1. The summed E-state index contributed by atoms with van der Waals surface area (Å²) in [5, 5.41) is 5.69. The number of rotatable bonds is 4. The molecule has 1 aromatic rings. The monoisotopic (exact) mass is 243 g/mol. The van der Waals surface area contributed by atoms with Crippen molar-refractivity contribution in [3.05, 3.63) is 11.1 Å². The summed E-state index contributed by atoms with van der Waals surface area (Å²) in [6, 6.07) is 0. The number of anilines is 1. The molecule has 0 saturated heterocycles. The van der Waals surface area contributed by atoms with E-state index < -0.39 is 5.97 Å². The second kappa shape index (κ2) is 5.45. The van der Waals surface area contributed by atoms with Crippen molar-refractivity contribution in [1.29, 1.82) is 0 Å². The van der Waals surface area contributed by atoms with E-state index in [4.69, 9.17) is 10.6 Å². The Balaban J connectivity index is 2.96. The predicted octanol–water partition coefficient (Wildman–Crippen LogP) is 1.03. The smallest absolute Gasteiger partial charge is 0.362 e. The highest BCUT2D eigenvalue weighted by Gasteiger charge is 2.19. The normalized spacial score (nSPS) is 11.6. The van der Waals surface area contributed by atoms with E-state index in [1.165, 1.54) is 18.4 Å². The number of hydrogen-bond donors (Lipinski definition) is 1. The number of aromatic nitrogens is 1. The fourth-order valence-corrected chi connectivity index (χ4v) is 1.39. The highest BCUT2D eigenvalue weighted by Crippen LogP contribution is 2.13. The first-order chi connectivity index (χ1) is 7.54. The molecule has 88 valence electrons. The molecule has 1 heterocycles. The molecule has 0 atom stereocenters. The SMILES string of the molecule is COC(=O)C(=NOC(C)C)c1csc(N)n1. The van der Waals surface area contributed by atoms with Gasteiger partial charge in [0.1, 0.15) is 11.8 Å². The van der Waals surface area contributed by atoms with Gasteiger partial charge in [0.25, 0.3) is 0 Å². The van der Waals surface area contributed by atoms with E-state index in [1.807, 2.05) is 0 Å². The summed E-state index contributed by atoms with van der Waals surface area (Å²) in [5.74, 6) is -0.606. The molecule has 0 unspecified atom stereocenters. The van der Waals surface area contributed by atoms with Gasteiger partial charge in [-0.25, -0.2) is 9.78 Å². The number of nitrogens with two attached hydrogens (primary N) is 1. The molecule has 0 saturated carbocycles. The molecule has 0 aromatic carbocycles. The Morgan fingerprint density at radius 1 is 1.62 bits per heavy atom. The summed E-state index contributed by atoms with van der Waals surface area (Å²) >= 11 is 1.22. The van der Waals surface area contributed by atoms with Gasteiger partial charge in [0.2, 0.25) is 5.71 Å². The zero-order valence-electron chi connectivity index (χ0n) is 9.26. The van der Waals surface area contributed by atoms with E-state index >= 15 is 0 Å². The largest absolute Gasteiger partial charge is 0.464 e. The van der Waals surface area contributed by atoms with Gasteiger partial charge in [0, 0.05) is 5.38 Å². The number of carbonyl (C=O) groups is 1. The molecule has 2 N–H and O–H groups in total. The van der Waals surface area contributed by atoms with Crippen LogP contribution in [0.2, 0.25) is 0 Å². The lowest BCUT2D eigenvalue weighted by atomic mass is 10.3. The minimum atomic E-state index is -0.606. The standard InChI is InChI=1S/C9H13N3O3S/c1-5(2)15-12-7(8(13)14-3)6-4-16-9(10)11-6/h4-5H,1-3H3,(H2,10,11). The van der Waals surface area contributed by atoms with Crippen LogP contribution in [0.5, 0.6) is 0 Å². The second-order valence-electron chi connectivity index (χ2n) is 3.16. The van der Waals surface area contributed by atoms with Gasteiger partial charge in [-0.3, -0.25) is 0 Å². The van der Waals surface area contributed by atoms with E-state index in [1.54, 1.807) is 19.2 Å². The van der Waals surface area contributed by atoms with Crippen molar-refractivity contribution < 1.29 is 14.4 Å². The summed E-state index contributed by atoms with van der Waals surface area (Å²) in [7, 11) is 1.27. The molecule has 1 rings (SSSR count). The van der Waals surface area contributed by atoms with Crippen LogP contribution in [-0.4, -0.2) is 29.9 Å². The first kappa shape index (κ1) is 12.4. The van der Waals surface area contributed by atoms with Crippen LogP contribution in [0, 0.1) is 0 Å². The van der Waals surface area contributed by atoms with Gasteiger partial charge in [-0.2, -0.15) is 0 Å².